The van der Waals surface area contributed by atoms with Crippen molar-refractivity contribution in [3.8, 4) is 5.75 Å². The van der Waals surface area contributed by atoms with Crippen LogP contribution in [0.2, 0.25) is 5.02 Å². The average Bonchev–Trinajstić information content (AvgIpc) is 2.88. The Labute approximate surface area is 230 Å². The Morgan fingerprint density at radius 1 is 1.13 bits per heavy atom. The number of aliphatic hydroxyl groups excluding tert-OH is 1. The molecule has 5 rings (SSSR count). The standard InChI is InChI=1S/C30H37ClN4O3/c1-29(2)26(30(3,4)28(29)38-22-7-8-24(32-5)23(31)16-22)17-25(37)19-6-9-27(33-18-19)35-12-10-34(11-13-35)20-14-21(36)15-20/h6-9,16,18,20-21,26,28,36H,10-15,17H2,1-4H3. The van der Waals surface area contributed by atoms with Crippen molar-refractivity contribution < 1.29 is 14.6 Å². The second kappa shape index (κ2) is 10.1. The number of halogens is 1. The number of aromatic nitrogens is 1. The van der Waals surface area contributed by atoms with E-state index in [2.05, 4.69) is 47.3 Å². The molecule has 0 radical (unpaired) electrons. The predicted octanol–water partition coefficient (Wildman–Crippen LogP) is 5.63. The molecule has 8 heteroatoms. The third-order valence-corrected chi connectivity index (χ3v) is 9.45. The highest BCUT2D eigenvalue weighted by Crippen LogP contribution is 2.61. The van der Waals surface area contributed by atoms with Crippen molar-refractivity contribution in [1.82, 2.24) is 9.88 Å². The van der Waals surface area contributed by atoms with E-state index in [-0.39, 0.29) is 34.7 Å². The van der Waals surface area contributed by atoms with E-state index < -0.39 is 0 Å². The zero-order valence-corrected chi connectivity index (χ0v) is 23.4. The summed E-state index contributed by atoms with van der Waals surface area (Å²) < 4.78 is 6.37. The molecule has 3 aliphatic rings. The van der Waals surface area contributed by atoms with Gasteiger partial charge in [-0.3, -0.25) is 9.69 Å². The maximum atomic E-state index is 13.3. The number of benzene rings is 1. The highest BCUT2D eigenvalue weighted by molar-refractivity contribution is 6.33. The van der Waals surface area contributed by atoms with Gasteiger partial charge in [0.05, 0.1) is 17.7 Å². The lowest BCUT2D eigenvalue weighted by atomic mass is 9.44. The maximum absolute atomic E-state index is 13.3. The summed E-state index contributed by atoms with van der Waals surface area (Å²) in [5, 5.41) is 9.97. The number of Topliss-reactive ketones (excluding diaryl/α,β-unsaturated/α-hetero) is 1. The quantitative estimate of drug-likeness (QED) is 0.365. The number of carbonyl (C=O) groups is 1. The van der Waals surface area contributed by atoms with Gasteiger partial charge in [-0.25, -0.2) is 9.83 Å². The zero-order valence-electron chi connectivity index (χ0n) is 22.7. The molecule has 0 spiro atoms. The molecule has 2 heterocycles. The number of anilines is 1. The molecular formula is C30H37ClN4O3. The molecule has 0 unspecified atom stereocenters. The summed E-state index contributed by atoms with van der Waals surface area (Å²) in [5.41, 5.74) is 0.626. The molecule has 0 atom stereocenters. The topological polar surface area (TPSA) is 70.3 Å². The van der Waals surface area contributed by atoms with Crippen LogP contribution in [0, 0.1) is 23.3 Å². The number of ketones is 1. The van der Waals surface area contributed by atoms with E-state index in [9.17, 15) is 9.90 Å². The molecule has 2 saturated carbocycles. The van der Waals surface area contributed by atoms with Gasteiger partial charge in [0.25, 0.3) is 0 Å². The first-order valence-electron chi connectivity index (χ1n) is 13.5. The number of hydrogen-bond acceptors (Lipinski definition) is 6. The Morgan fingerprint density at radius 2 is 1.82 bits per heavy atom. The third kappa shape index (κ3) is 4.90. The van der Waals surface area contributed by atoms with Crippen molar-refractivity contribution in [3.63, 3.8) is 0 Å². The average molecular weight is 537 g/mol. The lowest BCUT2D eigenvalue weighted by molar-refractivity contribution is -0.196. The van der Waals surface area contributed by atoms with E-state index in [1.165, 1.54) is 0 Å². The van der Waals surface area contributed by atoms with Gasteiger partial charge in [-0.1, -0.05) is 45.4 Å². The summed E-state index contributed by atoms with van der Waals surface area (Å²) in [4.78, 5) is 26.1. The number of hydrogen-bond donors (Lipinski definition) is 1. The molecule has 1 aliphatic heterocycles. The first-order valence-corrected chi connectivity index (χ1v) is 13.9. The van der Waals surface area contributed by atoms with Crippen LogP contribution in [0.4, 0.5) is 11.5 Å². The van der Waals surface area contributed by atoms with Gasteiger partial charge in [0, 0.05) is 61.2 Å². The Morgan fingerprint density at radius 3 is 2.37 bits per heavy atom. The van der Waals surface area contributed by atoms with Crippen molar-refractivity contribution >= 4 is 28.9 Å². The molecule has 3 fully saturated rings. The van der Waals surface area contributed by atoms with Crippen LogP contribution in [0.15, 0.2) is 36.5 Å². The summed E-state index contributed by atoms with van der Waals surface area (Å²) >= 11 is 6.22. The molecule has 2 aromatic rings. The van der Waals surface area contributed by atoms with Gasteiger partial charge in [-0.15, -0.1) is 0 Å². The third-order valence-electron chi connectivity index (χ3n) is 9.14. The van der Waals surface area contributed by atoms with Crippen LogP contribution in [-0.4, -0.2) is 65.2 Å². The fraction of sp³-hybridized carbons (Fsp3) is 0.567. The minimum absolute atomic E-state index is 0.0926. The predicted molar refractivity (Wildman–Crippen MR) is 149 cm³/mol. The molecule has 38 heavy (non-hydrogen) atoms. The SMILES string of the molecule is [C-]#[N+]c1ccc(OC2C(C)(C)C(CC(=O)c3ccc(N4CCN(C5CC(O)C5)CC4)nc3)C2(C)C)cc1Cl. The minimum atomic E-state index is -0.215. The van der Waals surface area contributed by atoms with Crippen LogP contribution in [-0.2, 0) is 0 Å². The van der Waals surface area contributed by atoms with Crippen molar-refractivity contribution in [2.45, 2.75) is 65.2 Å². The summed E-state index contributed by atoms with van der Waals surface area (Å²) in [6, 6.07) is 9.57. The highest BCUT2D eigenvalue weighted by Gasteiger charge is 2.63. The molecule has 0 amide bonds. The van der Waals surface area contributed by atoms with Gasteiger partial charge < -0.3 is 14.7 Å². The van der Waals surface area contributed by atoms with Crippen LogP contribution in [0.5, 0.6) is 5.75 Å². The summed E-state index contributed by atoms with van der Waals surface area (Å²) in [5.74, 6) is 1.80. The van der Waals surface area contributed by atoms with Crippen LogP contribution < -0.4 is 9.64 Å². The number of ether oxygens (including phenoxy) is 1. The van der Waals surface area contributed by atoms with Crippen LogP contribution >= 0.6 is 11.6 Å². The number of rotatable bonds is 7. The second-order valence-corrected chi connectivity index (χ2v) is 12.7. The van der Waals surface area contributed by atoms with E-state index in [1.54, 1.807) is 24.4 Å². The lowest BCUT2D eigenvalue weighted by Gasteiger charge is -2.63. The Bertz CT molecular complexity index is 1210. The van der Waals surface area contributed by atoms with Crippen molar-refractivity contribution in [3.05, 3.63) is 58.5 Å². The molecule has 0 bridgehead atoms. The molecule has 1 aromatic carbocycles. The van der Waals surface area contributed by atoms with Crippen LogP contribution in [0.1, 0.15) is 57.3 Å². The van der Waals surface area contributed by atoms with Gasteiger partial charge in [0.1, 0.15) is 17.7 Å². The monoisotopic (exact) mass is 536 g/mol. The summed E-state index contributed by atoms with van der Waals surface area (Å²) in [6.07, 6.45) is 3.72. The van der Waals surface area contributed by atoms with Gasteiger partial charge in [0.15, 0.2) is 5.78 Å². The molecule has 2 aliphatic carbocycles. The number of nitrogens with zero attached hydrogens (tertiary/aromatic N) is 4. The largest absolute Gasteiger partial charge is 0.489 e. The highest BCUT2D eigenvalue weighted by atomic mass is 35.5. The molecular weight excluding hydrogens is 500 g/mol. The smallest absolute Gasteiger partial charge is 0.205 e. The first-order chi connectivity index (χ1) is 18.0. The fourth-order valence-corrected chi connectivity index (χ4v) is 7.23. The van der Waals surface area contributed by atoms with Crippen molar-refractivity contribution in [1.29, 1.82) is 0 Å². The summed E-state index contributed by atoms with van der Waals surface area (Å²) in [6.45, 7) is 19.6. The van der Waals surface area contributed by atoms with Crippen LogP contribution in [0.25, 0.3) is 4.85 Å². The summed E-state index contributed by atoms with van der Waals surface area (Å²) in [7, 11) is 0. The lowest BCUT2D eigenvalue weighted by Crippen LogP contribution is -2.66. The maximum Gasteiger partial charge on any atom is 0.205 e. The zero-order chi connectivity index (χ0) is 27.2. The van der Waals surface area contributed by atoms with Gasteiger partial charge in [-0.2, -0.15) is 0 Å². The molecule has 1 N–H and O–H groups in total. The van der Waals surface area contributed by atoms with Gasteiger partial charge in [-0.05, 0) is 43.0 Å². The van der Waals surface area contributed by atoms with E-state index in [0.717, 1.165) is 44.8 Å². The van der Waals surface area contributed by atoms with E-state index in [0.29, 0.717) is 34.5 Å². The number of carbonyl (C=O) groups excluding carboxylic acids is 1. The molecule has 1 aromatic heterocycles. The molecule has 1 saturated heterocycles. The normalized spacial score (nSPS) is 28.1. The molecule has 202 valence electrons. The Hall–Kier alpha value is -2.66. The molecule has 7 nitrogen and oxygen atoms in total. The van der Waals surface area contributed by atoms with Gasteiger partial charge in [0.2, 0.25) is 5.69 Å². The second-order valence-electron chi connectivity index (χ2n) is 12.3. The fourth-order valence-electron chi connectivity index (χ4n) is 7.02. The number of pyridine rings is 1. The Kier molecular flexibility index (Phi) is 7.19. The van der Waals surface area contributed by atoms with E-state index in [1.807, 2.05) is 12.1 Å². The van der Waals surface area contributed by atoms with Crippen molar-refractivity contribution in [2.75, 3.05) is 31.1 Å². The van der Waals surface area contributed by atoms with Crippen LogP contribution in [0.3, 0.4) is 0 Å². The van der Waals surface area contributed by atoms with Crippen molar-refractivity contribution in [2.24, 2.45) is 16.7 Å². The minimum Gasteiger partial charge on any atom is -0.489 e. The van der Waals surface area contributed by atoms with E-state index in [4.69, 9.17) is 22.9 Å². The number of aliphatic hydroxyl groups is 1. The Balaban J connectivity index is 1.18. The van der Waals surface area contributed by atoms with Gasteiger partial charge >= 0.3 is 0 Å². The number of piperazine rings is 1. The first kappa shape index (κ1) is 26.9. The van der Waals surface area contributed by atoms with E-state index >= 15 is 0 Å².